The van der Waals surface area contributed by atoms with E-state index in [1.807, 2.05) is 0 Å². The fourth-order valence-electron chi connectivity index (χ4n) is 2.84. The van der Waals surface area contributed by atoms with Gasteiger partial charge in [-0.15, -0.1) is 0 Å². The number of ether oxygens (including phenoxy) is 1. The number of rotatable bonds is 11. The van der Waals surface area contributed by atoms with Crippen LogP contribution in [-0.4, -0.2) is 68.4 Å². The molecule has 3 amide bonds. The summed E-state index contributed by atoms with van der Waals surface area (Å²) in [5.74, 6) is -4.23. The molecule has 0 unspecified atom stereocenters. The molecule has 2 atom stereocenters. The molecule has 1 aromatic rings. The van der Waals surface area contributed by atoms with Gasteiger partial charge in [0.15, 0.2) is 0 Å². The highest BCUT2D eigenvalue weighted by Gasteiger charge is 2.35. The summed E-state index contributed by atoms with van der Waals surface area (Å²) >= 11 is 0. The van der Waals surface area contributed by atoms with Gasteiger partial charge >= 0.3 is 18.0 Å². The number of carboxylic acids is 2. The quantitative estimate of drug-likeness (QED) is 0.261. The van der Waals surface area contributed by atoms with Gasteiger partial charge in [-0.1, -0.05) is 12.1 Å². The second-order valence-electron chi connectivity index (χ2n) is 9.48. The number of hydrogen-bond donors (Lipinski definition) is 6. The number of carbonyl (C=O) groups excluding carboxylic acids is 3. The molecule has 0 radical (unpaired) electrons. The van der Waals surface area contributed by atoms with Crippen LogP contribution in [0, 0.1) is 0 Å². The third kappa shape index (κ3) is 10.8. The van der Waals surface area contributed by atoms with Crippen molar-refractivity contribution in [2.24, 2.45) is 0 Å². The van der Waals surface area contributed by atoms with Crippen LogP contribution in [-0.2, 0) is 30.3 Å². The smallest absolute Gasteiger partial charge is 0.408 e. The van der Waals surface area contributed by atoms with Crippen molar-refractivity contribution in [1.82, 2.24) is 16.0 Å². The van der Waals surface area contributed by atoms with E-state index in [0.717, 1.165) is 0 Å². The third-order valence-corrected chi connectivity index (χ3v) is 4.64. The first-order chi connectivity index (χ1) is 16.0. The van der Waals surface area contributed by atoms with Gasteiger partial charge in [-0.3, -0.25) is 14.4 Å². The average Bonchev–Trinajstić information content (AvgIpc) is 2.69. The van der Waals surface area contributed by atoms with Gasteiger partial charge in [-0.2, -0.15) is 0 Å². The fraction of sp³-hybridized carbons (Fsp3) is 0.522. The van der Waals surface area contributed by atoms with Crippen molar-refractivity contribution in [3.63, 3.8) is 0 Å². The Balaban J connectivity index is 3.01. The van der Waals surface area contributed by atoms with E-state index in [1.54, 1.807) is 32.9 Å². The number of carbonyl (C=O) groups is 5. The van der Waals surface area contributed by atoms with Gasteiger partial charge in [-0.25, -0.2) is 9.59 Å². The van der Waals surface area contributed by atoms with Crippen LogP contribution in [0.15, 0.2) is 24.3 Å². The Morgan fingerprint density at radius 2 is 1.49 bits per heavy atom. The first kappa shape index (κ1) is 29.2. The molecule has 0 bridgehead atoms. The van der Waals surface area contributed by atoms with E-state index < -0.39 is 59.5 Å². The van der Waals surface area contributed by atoms with Crippen LogP contribution in [0.2, 0.25) is 0 Å². The van der Waals surface area contributed by atoms with E-state index in [1.165, 1.54) is 26.0 Å². The summed E-state index contributed by atoms with van der Waals surface area (Å²) in [4.78, 5) is 60.2. The number of nitrogens with one attached hydrogen (secondary N) is 3. The normalized spacial score (nSPS) is 13.2. The number of carboxylic acid groups (broad SMARTS) is 2. The van der Waals surface area contributed by atoms with Crippen LogP contribution in [0.3, 0.4) is 0 Å². The number of phenolic OH excluding ortho intramolecular Hbond substituents is 1. The molecule has 1 rings (SSSR count). The van der Waals surface area contributed by atoms with E-state index in [0.29, 0.717) is 5.56 Å². The summed E-state index contributed by atoms with van der Waals surface area (Å²) in [5, 5.41) is 34.7. The Hall–Kier alpha value is -3.83. The molecule has 0 fully saturated rings. The molecule has 0 heterocycles. The predicted molar refractivity (Wildman–Crippen MR) is 124 cm³/mol. The summed E-state index contributed by atoms with van der Waals surface area (Å²) in [5.41, 5.74) is -1.84. The van der Waals surface area contributed by atoms with Crippen LogP contribution < -0.4 is 16.0 Å². The highest BCUT2D eigenvalue weighted by Crippen LogP contribution is 2.14. The maximum Gasteiger partial charge on any atom is 0.408 e. The molecule has 1 aromatic carbocycles. The predicted octanol–water partition coefficient (Wildman–Crippen LogP) is 1.16. The molecule has 0 aliphatic carbocycles. The minimum atomic E-state index is -1.61. The minimum Gasteiger partial charge on any atom is -0.508 e. The molecular formula is C23H33N3O9. The lowest BCUT2D eigenvalue weighted by Crippen LogP contribution is -2.61. The molecule has 0 aliphatic heterocycles. The number of aliphatic carboxylic acids is 2. The maximum atomic E-state index is 13.1. The Bertz CT molecular complexity index is 937. The topological polar surface area (TPSA) is 191 Å². The maximum absolute atomic E-state index is 13.1. The van der Waals surface area contributed by atoms with Crippen LogP contribution in [0.25, 0.3) is 0 Å². The molecule has 0 aliphatic rings. The first-order valence-electron chi connectivity index (χ1n) is 10.8. The number of phenols is 1. The van der Waals surface area contributed by atoms with Crippen molar-refractivity contribution in [2.45, 2.75) is 77.1 Å². The zero-order valence-electron chi connectivity index (χ0n) is 20.4. The Labute approximate surface area is 203 Å². The summed E-state index contributed by atoms with van der Waals surface area (Å²) < 4.78 is 5.22. The van der Waals surface area contributed by atoms with Gasteiger partial charge in [0.05, 0.1) is 0 Å². The van der Waals surface area contributed by atoms with Gasteiger partial charge in [0.2, 0.25) is 11.8 Å². The fourth-order valence-corrected chi connectivity index (χ4v) is 2.84. The first-order valence-corrected chi connectivity index (χ1v) is 10.8. The highest BCUT2D eigenvalue weighted by molar-refractivity contribution is 5.95. The second kappa shape index (κ2) is 12.0. The number of hydrogen-bond acceptors (Lipinski definition) is 7. The van der Waals surface area contributed by atoms with Crippen molar-refractivity contribution in [1.29, 1.82) is 0 Å². The Morgan fingerprint density at radius 3 is 1.97 bits per heavy atom. The number of benzene rings is 1. The molecule has 0 saturated heterocycles. The molecular weight excluding hydrogens is 462 g/mol. The standard InChI is InChI=1S/C23H33N3O9/c1-22(2,3)35-21(34)25-16(12-13-6-8-14(27)9-7-13)18(30)26-23(4,5)20(33)24-15(19(31)32)10-11-17(28)29/h6-9,15-16,27H,10-12H2,1-5H3,(H,24,33)(H,25,34)(H,26,30)(H,28,29)(H,31,32)/t15-,16-/m0/s1. The van der Waals surface area contributed by atoms with E-state index in [-0.39, 0.29) is 18.6 Å². The number of aromatic hydroxyl groups is 1. The molecule has 35 heavy (non-hydrogen) atoms. The Morgan fingerprint density at radius 1 is 0.914 bits per heavy atom. The number of amides is 3. The molecule has 0 spiro atoms. The van der Waals surface area contributed by atoms with Crippen molar-refractivity contribution in [3.8, 4) is 5.75 Å². The summed E-state index contributed by atoms with van der Waals surface area (Å²) in [6.45, 7) is 7.62. The lowest BCUT2D eigenvalue weighted by molar-refractivity contribution is -0.144. The summed E-state index contributed by atoms with van der Waals surface area (Å²) in [6, 6.07) is 3.30. The van der Waals surface area contributed by atoms with Crippen molar-refractivity contribution in [3.05, 3.63) is 29.8 Å². The van der Waals surface area contributed by atoms with Gasteiger partial charge < -0.3 is 36.0 Å². The lowest BCUT2D eigenvalue weighted by atomic mass is 10.00. The molecule has 6 N–H and O–H groups in total. The molecule has 12 heteroatoms. The summed E-state index contributed by atoms with van der Waals surface area (Å²) in [6.07, 6.45) is -1.68. The highest BCUT2D eigenvalue weighted by atomic mass is 16.6. The minimum absolute atomic E-state index is 0.000578. The van der Waals surface area contributed by atoms with E-state index in [4.69, 9.17) is 9.84 Å². The zero-order chi connectivity index (χ0) is 27.0. The van der Waals surface area contributed by atoms with Crippen molar-refractivity contribution >= 4 is 29.8 Å². The number of alkyl carbamates (subject to hydrolysis) is 1. The van der Waals surface area contributed by atoms with Crippen LogP contribution in [0.1, 0.15) is 53.0 Å². The van der Waals surface area contributed by atoms with E-state index >= 15 is 0 Å². The van der Waals surface area contributed by atoms with Crippen molar-refractivity contribution < 1.29 is 44.0 Å². The van der Waals surface area contributed by atoms with Gasteiger partial charge in [0.1, 0.15) is 29.0 Å². The second-order valence-corrected chi connectivity index (χ2v) is 9.48. The molecule has 12 nitrogen and oxygen atoms in total. The van der Waals surface area contributed by atoms with Gasteiger partial charge in [-0.05, 0) is 58.7 Å². The van der Waals surface area contributed by atoms with Gasteiger partial charge in [0.25, 0.3) is 0 Å². The Kier molecular flexibility index (Phi) is 10.0. The molecule has 0 aromatic heterocycles. The van der Waals surface area contributed by atoms with Crippen LogP contribution >= 0.6 is 0 Å². The molecule has 194 valence electrons. The van der Waals surface area contributed by atoms with E-state index in [2.05, 4.69) is 16.0 Å². The van der Waals surface area contributed by atoms with Crippen LogP contribution in [0.4, 0.5) is 4.79 Å². The monoisotopic (exact) mass is 495 g/mol. The lowest BCUT2D eigenvalue weighted by Gasteiger charge is -2.30. The van der Waals surface area contributed by atoms with Crippen molar-refractivity contribution in [2.75, 3.05) is 0 Å². The van der Waals surface area contributed by atoms with E-state index in [9.17, 15) is 34.2 Å². The molecule has 0 saturated carbocycles. The zero-order valence-corrected chi connectivity index (χ0v) is 20.4. The SMILES string of the molecule is CC(C)(C)OC(=O)N[C@@H](Cc1ccc(O)cc1)C(=O)NC(C)(C)C(=O)N[C@@H](CCC(=O)O)C(=O)O. The van der Waals surface area contributed by atoms with Gasteiger partial charge in [0, 0.05) is 12.8 Å². The average molecular weight is 496 g/mol. The van der Waals surface area contributed by atoms with Crippen LogP contribution in [0.5, 0.6) is 5.75 Å². The summed E-state index contributed by atoms with van der Waals surface area (Å²) in [7, 11) is 0. The third-order valence-electron chi connectivity index (χ3n) is 4.64. The largest absolute Gasteiger partial charge is 0.508 e.